The summed E-state index contributed by atoms with van der Waals surface area (Å²) in [6, 6.07) is 6.09. The van der Waals surface area contributed by atoms with E-state index in [-0.39, 0.29) is 0 Å². The molecular weight excluding hydrogens is 172 g/mol. The molecule has 0 aromatic heterocycles. The monoisotopic (exact) mass is 188 g/mol. The first-order chi connectivity index (χ1) is 6.56. The van der Waals surface area contributed by atoms with Crippen molar-refractivity contribution >= 4 is 11.9 Å². The molecule has 74 valence electrons. The number of rotatable bonds is 2. The van der Waals surface area contributed by atoms with Crippen LogP contribution >= 0.6 is 0 Å². The molecule has 0 fully saturated rings. The van der Waals surface area contributed by atoms with E-state index in [9.17, 15) is 0 Å². The SMILES string of the molecule is C/C(C=N)=C(/N)c1ccc(C)c(C)c1. The first-order valence-corrected chi connectivity index (χ1v) is 4.60. The summed E-state index contributed by atoms with van der Waals surface area (Å²) in [4.78, 5) is 0. The van der Waals surface area contributed by atoms with Gasteiger partial charge in [0, 0.05) is 11.9 Å². The van der Waals surface area contributed by atoms with Crippen LogP contribution in [0.5, 0.6) is 0 Å². The van der Waals surface area contributed by atoms with Crippen molar-refractivity contribution < 1.29 is 0 Å². The molecule has 0 unspecified atom stereocenters. The first-order valence-electron chi connectivity index (χ1n) is 4.60. The van der Waals surface area contributed by atoms with Gasteiger partial charge in [0.25, 0.3) is 0 Å². The van der Waals surface area contributed by atoms with Crippen molar-refractivity contribution in [3.63, 3.8) is 0 Å². The molecule has 0 bridgehead atoms. The van der Waals surface area contributed by atoms with Crippen LogP contribution in [0.15, 0.2) is 23.8 Å². The highest BCUT2D eigenvalue weighted by molar-refractivity contribution is 5.87. The van der Waals surface area contributed by atoms with Crippen LogP contribution in [0.3, 0.4) is 0 Å². The molecule has 0 heterocycles. The molecule has 0 saturated carbocycles. The van der Waals surface area contributed by atoms with E-state index in [0.29, 0.717) is 5.70 Å². The van der Waals surface area contributed by atoms with E-state index in [1.165, 1.54) is 17.3 Å². The van der Waals surface area contributed by atoms with E-state index < -0.39 is 0 Å². The van der Waals surface area contributed by atoms with Gasteiger partial charge in [-0.05, 0) is 49.1 Å². The quantitative estimate of drug-likeness (QED) is 0.689. The number of benzene rings is 1. The molecule has 14 heavy (non-hydrogen) atoms. The fraction of sp³-hybridized carbons (Fsp3) is 0.250. The minimum atomic E-state index is 0.683. The number of nitrogens with one attached hydrogen (secondary N) is 1. The minimum absolute atomic E-state index is 0.683. The summed E-state index contributed by atoms with van der Waals surface area (Å²) in [6.07, 6.45) is 1.28. The van der Waals surface area contributed by atoms with Crippen molar-refractivity contribution in [2.45, 2.75) is 20.8 Å². The topological polar surface area (TPSA) is 49.9 Å². The molecule has 1 aromatic rings. The maximum Gasteiger partial charge on any atom is 0.0432 e. The highest BCUT2D eigenvalue weighted by Crippen LogP contribution is 2.16. The molecule has 3 N–H and O–H groups in total. The summed E-state index contributed by atoms with van der Waals surface area (Å²) in [5.41, 5.74) is 10.9. The average Bonchev–Trinajstić information content (AvgIpc) is 2.20. The predicted molar refractivity (Wildman–Crippen MR) is 61.5 cm³/mol. The lowest BCUT2D eigenvalue weighted by molar-refractivity contribution is 1.31. The van der Waals surface area contributed by atoms with E-state index >= 15 is 0 Å². The minimum Gasteiger partial charge on any atom is -0.398 e. The fourth-order valence-electron chi connectivity index (χ4n) is 1.21. The third-order valence-corrected chi connectivity index (χ3v) is 2.46. The number of hydrogen-bond donors (Lipinski definition) is 2. The zero-order valence-corrected chi connectivity index (χ0v) is 8.89. The summed E-state index contributed by atoms with van der Waals surface area (Å²) < 4.78 is 0. The maximum atomic E-state index is 7.12. The number of aryl methyl sites for hydroxylation is 2. The molecule has 2 heteroatoms. The lowest BCUT2D eigenvalue weighted by Gasteiger charge is -2.07. The molecule has 0 aliphatic carbocycles. The lowest BCUT2D eigenvalue weighted by Crippen LogP contribution is -2.01. The Labute approximate surface area is 85.0 Å². The molecule has 0 saturated heterocycles. The molecule has 1 rings (SSSR count). The second kappa shape index (κ2) is 4.09. The molecule has 0 aliphatic rings. The number of allylic oxidation sites excluding steroid dienone is 1. The van der Waals surface area contributed by atoms with Crippen LogP contribution in [0.4, 0.5) is 0 Å². The lowest BCUT2D eigenvalue weighted by atomic mass is 10.0. The molecule has 0 atom stereocenters. The highest BCUT2D eigenvalue weighted by atomic mass is 14.6. The van der Waals surface area contributed by atoms with Crippen molar-refractivity contribution in [1.82, 2.24) is 0 Å². The molecule has 0 aliphatic heterocycles. The van der Waals surface area contributed by atoms with Crippen molar-refractivity contribution in [2.24, 2.45) is 5.73 Å². The molecule has 1 aromatic carbocycles. The van der Waals surface area contributed by atoms with Gasteiger partial charge in [0.1, 0.15) is 0 Å². The van der Waals surface area contributed by atoms with E-state index in [2.05, 4.69) is 26.0 Å². The zero-order chi connectivity index (χ0) is 10.7. The molecule has 2 nitrogen and oxygen atoms in total. The normalized spacial score (nSPS) is 12.2. The summed E-state index contributed by atoms with van der Waals surface area (Å²) in [5, 5.41) is 7.12. The Bertz CT molecular complexity index is 389. The number of nitrogens with two attached hydrogens (primary N) is 1. The van der Waals surface area contributed by atoms with Gasteiger partial charge in [-0.15, -0.1) is 0 Å². The van der Waals surface area contributed by atoms with E-state index in [1.54, 1.807) is 0 Å². The van der Waals surface area contributed by atoms with Gasteiger partial charge in [-0.3, -0.25) is 0 Å². The van der Waals surface area contributed by atoms with Crippen LogP contribution in [0.2, 0.25) is 0 Å². The average molecular weight is 188 g/mol. The van der Waals surface area contributed by atoms with Crippen LogP contribution in [-0.4, -0.2) is 6.21 Å². The van der Waals surface area contributed by atoms with Crippen molar-refractivity contribution in [1.29, 1.82) is 5.41 Å². The van der Waals surface area contributed by atoms with Crippen LogP contribution in [-0.2, 0) is 0 Å². The summed E-state index contributed by atoms with van der Waals surface area (Å²) in [6.45, 7) is 5.98. The molecular formula is C12H16N2. The van der Waals surface area contributed by atoms with Crippen LogP contribution < -0.4 is 5.73 Å². The Morgan fingerprint density at radius 3 is 2.43 bits per heavy atom. The number of hydrogen-bond acceptors (Lipinski definition) is 2. The van der Waals surface area contributed by atoms with E-state index in [1.807, 2.05) is 13.0 Å². The largest absolute Gasteiger partial charge is 0.398 e. The molecule has 0 amide bonds. The smallest absolute Gasteiger partial charge is 0.0432 e. The standard InChI is InChI=1S/C12H16N2/c1-8-4-5-11(6-9(8)2)12(14)10(3)7-13/h4-7,13H,14H2,1-3H3/b12-10-,13-7?. The third kappa shape index (κ3) is 2.02. The summed E-state index contributed by atoms with van der Waals surface area (Å²) in [7, 11) is 0. The van der Waals surface area contributed by atoms with Crippen LogP contribution in [0.25, 0.3) is 5.70 Å². The van der Waals surface area contributed by atoms with Crippen molar-refractivity contribution in [3.05, 3.63) is 40.5 Å². The fourth-order valence-corrected chi connectivity index (χ4v) is 1.21. The van der Waals surface area contributed by atoms with Gasteiger partial charge in [-0.2, -0.15) is 0 Å². The van der Waals surface area contributed by atoms with Gasteiger partial charge in [-0.1, -0.05) is 12.1 Å². The molecule has 0 radical (unpaired) electrons. The Morgan fingerprint density at radius 2 is 1.93 bits per heavy atom. The molecule has 0 spiro atoms. The van der Waals surface area contributed by atoms with Gasteiger partial charge in [0.2, 0.25) is 0 Å². The van der Waals surface area contributed by atoms with Crippen LogP contribution in [0.1, 0.15) is 23.6 Å². The van der Waals surface area contributed by atoms with Gasteiger partial charge < -0.3 is 11.1 Å². The second-order valence-electron chi connectivity index (χ2n) is 3.54. The van der Waals surface area contributed by atoms with Crippen molar-refractivity contribution in [3.8, 4) is 0 Å². The van der Waals surface area contributed by atoms with Crippen LogP contribution in [0, 0.1) is 19.3 Å². The Kier molecular flexibility index (Phi) is 3.07. The Balaban J connectivity index is 3.21. The van der Waals surface area contributed by atoms with Gasteiger partial charge in [0.15, 0.2) is 0 Å². The van der Waals surface area contributed by atoms with E-state index in [4.69, 9.17) is 11.1 Å². The van der Waals surface area contributed by atoms with Crippen molar-refractivity contribution in [2.75, 3.05) is 0 Å². The van der Waals surface area contributed by atoms with Gasteiger partial charge >= 0.3 is 0 Å². The third-order valence-electron chi connectivity index (χ3n) is 2.46. The van der Waals surface area contributed by atoms with Gasteiger partial charge in [0.05, 0.1) is 0 Å². The Morgan fingerprint density at radius 1 is 1.29 bits per heavy atom. The van der Waals surface area contributed by atoms with E-state index in [0.717, 1.165) is 11.1 Å². The summed E-state index contributed by atoms with van der Waals surface area (Å²) >= 11 is 0. The second-order valence-corrected chi connectivity index (χ2v) is 3.54. The highest BCUT2D eigenvalue weighted by Gasteiger charge is 2.01. The zero-order valence-electron chi connectivity index (χ0n) is 8.89. The predicted octanol–water partition coefficient (Wildman–Crippen LogP) is 2.64. The maximum absolute atomic E-state index is 7.12. The van der Waals surface area contributed by atoms with Gasteiger partial charge in [-0.25, -0.2) is 0 Å². The first kappa shape index (κ1) is 10.5. The Hall–Kier alpha value is -1.57. The summed E-state index contributed by atoms with van der Waals surface area (Å²) in [5.74, 6) is 0.